The van der Waals surface area contributed by atoms with E-state index in [2.05, 4.69) is 60.4 Å². The second-order valence-electron chi connectivity index (χ2n) is 8.28. The van der Waals surface area contributed by atoms with Crippen LogP contribution in [-0.4, -0.2) is 30.2 Å². The second-order valence-corrected chi connectivity index (χ2v) is 9.67. The fourth-order valence-corrected chi connectivity index (χ4v) is 6.18. The van der Waals surface area contributed by atoms with Crippen molar-refractivity contribution in [2.45, 2.75) is 24.8 Å². The molecule has 0 bridgehead atoms. The molecule has 0 aromatic heterocycles. The van der Waals surface area contributed by atoms with Crippen LogP contribution in [0.25, 0.3) is 5.70 Å². The van der Waals surface area contributed by atoms with Crippen LogP contribution in [0.2, 0.25) is 0 Å². The van der Waals surface area contributed by atoms with Gasteiger partial charge in [-0.3, -0.25) is 0 Å². The lowest BCUT2D eigenvalue weighted by Crippen LogP contribution is -2.28. The number of nitrogens with zero attached hydrogens (tertiary/aromatic N) is 1. The largest absolute Gasteiger partial charge is 0.501 e. The van der Waals surface area contributed by atoms with Gasteiger partial charge in [0.1, 0.15) is 12.4 Å². The maximum atomic E-state index is 5.74. The number of hydrogen-bond donors (Lipinski definition) is 0. The minimum atomic E-state index is -0.0423. The van der Waals surface area contributed by atoms with Gasteiger partial charge in [0, 0.05) is 40.3 Å². The number of methoxy groups -OCH3 is 1. The van der Waals surface area contributed by atoms with E-state index in [1.807, 2.05) is 23.9 Å². The van der Waals surface area contributed by atoms with Gasteiger partial charge in [0.15, 0.2) is 0 Å². The van der Waals surface area contributed by atoms with Gasteiger partial charge in [-0.2, -0.15) is 0 Å². The van der Waals surface area contributed by atoms with Crippen LogP contribution in [-0.2, 0) is 11.3 Å². The highest BCUT2D eigenvalue weighted by molar-refractivity contribution is 7.99. The third-order valence-corrected chi connectivity index (χ3v) is 7.67. The molecule has 0 spiro atoms. The first-order valence-corrected chi connectivity index (χ1v) is 12.1. The molecule has 1 atom stereocenters. The average Bonchev–Trinajstić information content (AvgIpc) is 3.06. The Bertz CT molecular complexity index is 1090. The van der Waals surface area contributed by atoms with Crippen molar-refractivity contribution in [1.82, 2.24) is 4.90 Å². The molecule has 3 nitrogen and oxygen atoms in total. The molecule has 1 unspecified atom stereocenters. The molecule has 160 valence electrons. The Hall–Kier alpha value is -2.30. The average molecular weight is 452 g/mol. The topological polar surface area (TPSA) is 21.7 Å². The number of thioether (sulfide) groups is 1. The highest BCUT2D eigenvalue weighted by atomic mass is 35.5. The van der Waals surface area contributed by atoms with E-state index >= 15 is 0 Å². The Kier molecular flexibility index (Phi) is 5.53. The SMILES string of the molecule is COC1=CC=C2N(Cc3ccc(OCCCl)cc3)C3=C(CSc4ccccc43)C2(C)C1. The van der Waals surface area contributed by atoms with Gasteiger partial charge in [0.2, 0.25) is 0 Å². The highest BCUT2D eigenvalue weighted by Crippen LogP contribution is 2.59. The zero-order chi connectivity index (χ0) is 21.4. The molecular weight excluding hydrogens is 426 g/mol. The molecule has 0 amide bonds. The van der Waals surface area contributed by atoms with E-state index in [1.54, 1.807) is 7.11 Å². The van der Waals surface area contributed by atoms with E-state index in [1.165, 1.54) is 33.0 Å². The summed E-state index contributed by atoms with van der Waals surface area (Å²) in [5, 5.41) is 0. The maximum absolute atomic E-state index is 5.74. The first-order valence-electron chi connectivity index (χ1n) is 10.6. The third-order valence-electron chi connectivity index (χ3n) is 6.42. The summed E-state index contributed by atoms with van der Waals surface area (Å²) in [6.45, 7) is 3.72. The number of halogens is 1. The molecule has 2 aromatic rings. The van der Waals surface area contributed by atoms with Gasteiger partial charge in [-0.15, -0.1) is 23.4 Å². The highest BCUT2D eigenvalue weighted by Gasteiger charge is 2.48. The molecule has 1 aliphatic carbocycles. The first kappa shape index (κ1) is 20.6. The molecule has 0 N–H and O–H groups in total. The minimum absolute atomic E-state index is 0.0423. The van der Waals surface area contributed by atoms with Crippen molar-refractivity contribution >= 4 is 29.1 Å². The number of ether oxygens (including phenoxy) is 2. The molecule has 0 saturated carbocycles. The van der Waals surface area contributed by atoms with Gasteiger partial charge in [0.05, 0.1) is 24.4 Å². The number of benzene rings is 2. The van der Waals surface area contributed by atoms with E-state index in [-0.39, 0.29) is 5.41 Å². The van der Waals surface area contributed by atoms with Crippen LogP contribution in [0.1, 0.15) is 24.5 Å². The molecule has 3 aliphatic rings. The molecule has 2 aliphatic heterocycles. The van der Waals surface area contributed by atoms with Crippen LogP contribution in [0.4, 0.5) is 0 Å². The van der Waals surface area contributed by atoms with Gasteiger partial charge < -0.3 is 14.4 Å². The molecule has 0 radical (unpaired) electrons. The van der Waals surface area contributed by atoms with E-state index in [9.17, 15) is 0 Å². The smallest absolute Gasteiger partial charge is 0.119 e. The lowest BCUT2D eigenvalue weighted by Gasteiger charge is -2.35. The number of fused-ring (bicyclic) bond motifs is 4. The predicted molar refractivity (Wildman–Crippen MR) is 128 cm³/mol. The Labute approximate surface area is 193 Å². The lowest BCUT2D eigenvalue weighted by molar-refractivity contribution is 0.238. The van der Waals surface area contributed by atoms with Crippen molar-refractivity contribution in [1.29, 1.82) is 0 Å². The molecule has 31 heavy (non-hydrogen) atoms. The summed E-state index contributed by atoms with van der Waals surface area (Å²) in [7, 11) is 1.77. The first-order chi connectivity index (χ1) is 15.1. The summed E-state index contributed by atoms with van der Waals surface area (Å²) < 4.78 is 11.3. The Morgan fingerprint density at radius 3 is 2.68 bits per heavy atom. The van der Waals surface area contributed by atoms with Crippen molar-refractivity contribution in [3.63, 3.8) is 0 Å². The third kappa shape index (κ3) is 3.56. The Morgan fingerprint density at radius 2 is 1.90 bits per heavy atom. The van der Waals surface area contributed by atoms with Crippen molar-refractivity contribution in [3.05, 3.63) is 88.8 Å². The molecule has 0 fully saturated rings. The fraction of sp³-hybridized carbons (Fsp3) is 0.308. The van der Waals surface area contributed by atoms with E-state index in [0.29, 0.717) is 12.5 Å². The summed E-state index contributed by atoms with van der Waals surface area (Å²) in [4.78, 5) is 3.88. The Balaban J connectivity index is 1.55. The van der Waals surface area contributed by atoms with Gasteiger partial charge in [0.25, 0.3) is 0 Å². The van der Waals surface area contributed by atoms with Crippen molar-refractivity contribution < 1.29 is 9.47 Å². The van der Waals surface area contributed by atoms with Gasteiger partial charge in [-0.05, 0) is 48.4 Å². The van der Waals surface area contributed by atoms with Crippen LogP contribution in [0.3, 0.4) is 0 Å². The fourth-order valence-electron chi connectivity index (χ4n) is 4.86. The maximum Gasteiger partial charge on any atom is 0.119 e. The number of alkyl halides is 1. The normalized spacial score (nSPS) is 21.7. The monoisotopic (exact) mass is 451 g/mol. The van der Waals surface area contributed by atoms with Crippen LogP contribution in [0.15, 0.2) is 82.6 Å². The molecule has 2 aromatic carbocycles. The summed E-state index contributed by atoms with van der Waals surface area (Å²) in [5.41, 5.74) is 6.79. The second kappa shape index (κ2) is 8.33. The van der Waals surface area contributed by atoms with Crippen LogP contribution in [0.5, 0.6) is 5.75 Å². The van der Waals surface area contributed by atoms with E-state index in [4.69, 9.17) is 21.1 Å². The molecule has 5 rings (SSSR count). The summed E-state index contributed by atoms with van der Waals surface area (Å²) in [5.74, 6) is 3.41. The van der Waals surface area contributed by atoms with Crippen LogP contribution >= 0.6 is 23.4 Å². The van der Waals surface area contributed by atoms with Crippen LogP contribution < -0.4 is 4.74 Å². The van der Waals surface area contributed by atoms with E-state index < -0.39 is 0 Å². The van der Waals surface area contributed by atoms with Crippen LogP contribution in [0, 0.1) is 5.41 Å². The minimum Gasteiger partial charge on any atom is -0.501 e. The summed E-state index contributed by atoms with van der Waals surface area (Å²) >= 11 is 7.69. The number of rotatable bonds is 6. The lowest BCUT2D eigenvalue weighted by atomic mass is 9.75. The van der Waals surface area contributed by atoms with Crippen molar-refractivity contribution in [3.8, 4) is 5.75 Å². The number of hydrogen-bond acceptors (Lipinski definition) is 4. The molecule has 2 heterocycles. The zero-order valence-electron chi connectivity index (χ0n) is 17.9. The predicted octanol–water partition coefficient (Wildman–Crippen LogP) is 6.46. The quantitative estimate of drug-likeness (QED) is 0.469. The van der Waals surface area contributed by atoms with Gasteiger partial charge in [-0.1, -0.05) is 30.3 Å². The summed E-state index contributed by atoms with van der Waals surface area (Å²) in [6, 6.07) is 17.2. The van der Waals surface area contributed by atoms with Gasteiger partial charge in [-0.25, -0.2) is 0 Å². The molecule has 0 saturated heterocycles. The Morgan fingerprint density at radius 1 is 1.10 bits per heavy atom. The van der Waals surface area contributed by atoms with Crippen molar-refractivity contribution in [2.75, 3.05) is 25.3 Å². The zero-order valence-corrected chi connectivity index (χ0v) is 19.4. The van der Waals surface area contributed by atoms with Crippen molar-refractivity contribution in [2.24, 2.45) is 5.41 Å². The molecular formula is C26H26ClNO2S. The molecule has 5 heteroatoms. The summed E-state index contributed by atoms with van der Waals surface area (Å²) in [6.07, 6.45) is 5.29. The van der Waals surface area contributed by atoms with E-state index in [0.717, 1.165) is 30.2 Å². The number of allylic oxidation sites excluding steroid dienone is 4. The van der Waals surface area contributed by atoms with Gasteiger partial charge >= 0.3 is 0 Å². The standard InChI is InChI=1S/C26H26ClNO2S/c1-26-15-20(29-2)11-12-24(26)28(16-18-7-9-19(10-8-18)30-14-13-27)25-21-5-3-4-6-23(21)31-17-22(25)26/h3-12H,13-17H2,1-2H3.